The lowest BCUT2D eigenvalue weighted by Gasteiger charge is -2.34. The first-order valence-electron chi connectivity index (χ1n) is 6.93. The second-order valence-electron chi connectivity index (χ2n) is 4.71. The van der Waals surface area contributed by atoms with Gasteiger partial charge in [-0.2, -0.15) is 0 Å². The Labute approximate surface area is 110 Å². The van der Waals surface area contributed by atoms with Crippen LogP contribution < -0.4 is 0 Å². The van der Waals surface area contributed by atoms with Crippen LogP contribution in [0.4, 0.5) is 0 Å². The smallest absolute Gasteiger partial charge is 0.212 e. The summed E-state index contributed by atoms with van der Waals surface area (Å²) in [5.41, 5.74) is -0.318. The van der Waals surface area contributed by atoms with E-state index in [1.807, 2.05) is 0 Å². The molecule has 0 fully saturated rings. The Morgan fingerprint density at radius 3 is 2.33 bits per heavy atom. The van der Waals surface area contributed by atoms with Gasteiger partial charge < -0.3 is 9.47 Å². The molecule has 0 aromatic rings. The lowest BCUT2D eigenvalue weighted by Crippen LogP contribution is -2.44. The number of methoxy groups -OCH3 is 2. The van der Waals surface area contributed by atoms with Crippen molar-refractivity contribution >= 4 is 11.8 Å². The molecular weight excluding hydrogens is 228 g/mol. The van der Waals surface area contributed by atoms with Crippen molar-refractivity contribution in [3.63, 3.8) is 0 Å². The van der Waals surface area contributed by atoms with E-state index in [2.05, 4.69) is 25.8 Å². The quantitative estimate of drug-likeness (QED) is 0.756. The minimum atomic E-state index is -0.318. The van der Waals surface area contributed by atoms with Gasteiger partial charge in [-0.15, -0.1) is 0 Å². The van der Waals surface area contributed by atoms with Gasteiger partial charge in [0.1, 0.15) is 11.6 Å². The number of unbranched alkanes of at least 4 members (excludes halogenated alkanes) is 1. The molecule has 0 unspecified atom stereocenters. The molecule has 4 nitrogen and oxygen atoms in total. The average molecular weight is 254 g/mol. The monoisotopic (exact) mass is 254 g/mol. The van der Waals surface area contributed by atoms with Crippen LogP contribution in [-0.4, -0.2) is 37.6 Å². The molecule has 4 heteroatoms. The standard InChI is InChI=1S/C14H26N2O2/c1-6-9-10-14(8-3)13(18-5)15-11(7-2)12(16-14)17-4/h11H,6-10H2,1-5H3/t11-,14+/m0/s1. The molecule has 1 rings (SSSR count). The number of aliphatic imine (C=N–C) groups is 2. The molecular formula is C14H26N2O2. The number of hydrogen-bond acceptors (Lipinski definition) is 4. The lowest BCUT2D eigenvalue weighted by molar-refractivity contribution is 0.298. The van der Waals surface area contributed by atoms with Crippen molar-refractivity contribution in [3.05, 3.63) is 0 Å². The maximum absolute atomic E-state index is 5.51. The van der Waals surface area contributed by atoms with Gasteiger partial charge in [-0.05, 0) is 19.3 Å². The molecule has 0 amide bonds. The highest BCUT2D eigenvalue weighted by molar-refractivity contribution is 5.96. The summed E-state index contributed by atoms with van der Waals surface area (Å²) in [7, 11) is 3.37. The van der Waals surface area contributed by atoms with Gasteiger partial charge >= 0.3 is 0 Å². The highest BCUT2D eigenvalue weighted by Crippen LogP contribution is 2.31. The minimum Gasteiger partial charge on any atom is -0.483 e. The first-order chi connectivity index (χ1) is 8.67. The van der Waals surface area contributed by atoms with E-state index >= 15 is 0 Å². The number of ether oxygens (including phenoxy) is 2. The van der Waals surface area contributed by atoms with Crippen LogP contribution in [0.3, 0.4) is 0 Å². The second kappa shape index (κ2) is 6.76. The van der Waals surface area contributed by atoms with Crippen LogP contribution in [0.25, 0.3) is 0 Å². The van der Waals surface area contributed by atoms with Gasteiger partial charge in [0.25, 0.3) is 0 Å². The maximum Gasteiger partial charge on any atom is 0.212 e. The molecule has 1 aliphatic heterocycles. The molecule has 1 heterocycles. The first-order valence-corrected chi connectivity index (χ1v) is 6.93. The molecule has 0 bridgehead atoms. The summed E-state index contributed by atoms with van der Waals surface area (Å²) >= 11 is 0. The largest absolute Gasteiger partial charge is 0.483 e. The van der Waals surface area contributed by atoms with Crippen molar-refractivity contribution < 1.29 is 9.47 Å². The fourth-order valence-corrected chi connectivity index (χ4v) is 2.38. The third-order valence-electron chi connectivity index (χ3n) is 3.60. The molecule has 0 spiro atoms. The van der Waals surface area contributed by atoms with Crippen molar-refractivity contribution in [2.24, 2.45) is 9.98 Å². The number of nitrogens with zero attached hydrogens (tertiary/aromatic N) is 2. The zero-order valence-electron chi connectivity index (χ0n) is 12.3. The van der Waals surface area contributed by atoms with Gasteiger partial charge in [0.15, 0.2) is 0 Å². The Bertz CT molecular complexity index is 326. The van der Waals surface area contributed by atoms with Gasteiger partial charge in [0.05, 0.1) is 14.2 Å². The highest BCUT2D eigenvalue weighted by Gasteiger charge is 2.40. The van der Waals surface area contributed by atoms with Crippen LogP contribution in [0.15, 0.2) is 9.98 Å². The Morgan fingerprint density at radius 2 is 1.89 bits per heavy atom. The fourth-order valence-electron chi connectivity index (χ4n) is 2.38. The van der Waals surface area contributed by atoms with E-state index in [1.54, 1.807) is 14.2 Å². The van der Waals surface area contributed by atoms with E-state index in [0.29, 0.717) is 0 Å². The summed E-state index contributed by atoms with van der Waals surface area (Å²) in [5, 5.41) is 0. The van der Waals surface area contributed by atoms with Gasteiger partial charge in [-0.3, -0.25) is 0 Å². The van der Waals surface area contributed by atoms with Crippen molar-refractivity contribution in [3.8, 4) is 0 Å². The van der Waals surface area contributed by atoms with Crippen LogP contribution in [0.2, 0.25) is 0 Å². The van der Waals surface area contributed by atoms with E-state index in [4.69, 9.17) is 14.5 Å². The Hall–Kier alpha value is -1.06. The van der Waals surface area contributed by atoms with Crippen molar-refractivity contribution in [2.75, 3.05) is 14.2 Å². The van der Waals surface area contributed by atoms with Crippen molar-refractivity contribution in [1.29, 1.82) is 0 Å². The van der Waals surface area contributed by atoms with Crippen LogP contribution >= 0.6 is 0 Å². The zero-order chi connectivity index (χ0) is 13.6. The van der Waals surface area contributed by atoms with Crippen molar-refractivity contribution in [1.82, 2.24) is 0 Å². The van der Waals surface area contributed by atoms with Gasteiger partial charge in [0, 0.05) is 0 Å². The molecule has 0 aromatic heterocycles. The molecule has 0 N–H and O–H groups in total. The van der Waals surface area contributed by atoms with Gasteiger partial charge in [-0.1, -0.05) is 33.6 Å². The molecule has 0 radical (unpaired) electrons. The Kier molecular flexibility index (Phi) is 5.63. The Balaban J connectivity index is 3.08. The van der Waals surface area contributed by atoms with E-state index in [-0.39, 0.29) is 11.6 Å². The maximum atomic E-state index is 5.51. The van der Waals surface area contributed by atoms with Crippen molar-refractivity contribution in [2.45, 2.75) is 64.5 Å². The lowest BCUT2D eigenvalue weighted by atomic mass is 9.88. The Morgan fingerprint density at radius 1 is 1.17 bits per heavy atom. The minimum absolute atomic E-state index is 0.00579. The average Bonchev–Trinajstić information content (AvgIpc) is 2.43. The molecule has 1 aliphatic rings. The molecule has 2 atom stereocenters. The third-order valence-corrected chi connectivity index (χ3v) is 3.60. The van der Waals surface area contributed by atoms with Crippen LogP contribution in [-0.2, 0) is 9.47 Å². The predicted octanol–water partition coefficient (Wildman–Crippen LogP) is 3.21. The summed E-state index contributed by atoms with van der Waals surface area (Å²) in [6.45, 7) is 6.40. The summed E-state index contributed by atoms with van der Waals surface area (Å²) in [6.07, 6.45) is 5.01. The van der Waals surface area contributed by atoms with E-state index in [9.17, 15) is 0 Å². The predicted molar refractivity (Wildman–Crippen MR) is 75.5 cm³/mol. The van der Waals surface area contributed by atoms with Crippen LogP contribution in [0.1, 0.15) is 52.9 Å². The topological polar surface area (TPSA) is 43.2 Å². The van der Waals surface area contributed by atoms with Gasteiger partial charge in [-0.25, -0.2) is 9.98 Å². The molecule has 0 aromatic carbocycles. The molecule has 104 valence electrons. The second-order valence-corrected chi connectivity index (χ2v) is 4.71. The van der Waals surface area contributed by atoms with Crippen LogP contribution in [0, 0.1) is 0 Å². The summed E-state index contributed by atoms with van der Waals surface area (Å²) in [6, 6.07) is 0.00579. The van der Waals surface area contributed by atoms with Crippen LogP contribution in [0.5, 0.6) is 0 Å². The SMILES string of the molecule is CCCC[C@@]1(CC)N=C(OC)[C@H](CC)N=C1OC. The highest BCUT2D eigenvalue weighted by atomic mass is 16.5. The molecule has 0 aliphatic carbocycles. The molecule has 0 saturated carbocycles. The third kappa shape index (κ3) is 2.85. The summed E-state index contributed by atoms with van der Waals surface area (Å²) in [4.78, 5) is 9.52. The summed E-state index contributed by atoms with van der Waals surface area (Å²) in [5.74, 6) is 1.52. The van der Waals surface area contributed by atoms with Gasteiger partial charge in [0.2, 0.25) is 11.8 Å². The van der Waals surface area contributed by atoms with E-state index < -0.39 is 0 Å². The number of rotatable bonds is 5. The molecule has 0 saturated heterocycles. The van der Waals surface area contributed by atoms with E-state index in [1.165, 1.54) is 0 Å². The zero-order valence-corrected chi connectivity index (χ0v) is 12.3. The molecule has 18 heavy (non-hydrogen) atoms. The summed E-state index contributed by atoms with van der Waals surface area (Å²) < 4.78 is 10.9. The first kappa shape index (κ1) is 15.0. The van der Waals surface area contributed by atoms with E-state index in [0.717, 1.165) is 43.9 Å². The number of hydrogen-bond donors (Lipinski definition) is 0. The normalized spacial score (nSPS) is 27.5. The fraction of sp³-hybridized carbons (Fsp3) is 0.857.